The molecule has 0 aliphatic heterocycles. The SMILES string of the molecule is CCCCCCCC/C=C\CCCCCCCC(=O)C(=O)CCCCCCCCCCCCCCCCC.CCCCCCCCCCCCCCCCCC(=O)OCC(O)CO. The monoisotopic (exact) mass is 891 g/mol. The molecule has 0 aromatic heterocycles. The number of carbonyl (C=O) groups excluding carboxylic acids is 3. The van der Waals surface area contributed by atoms with Crippen LogP contribution in [0.2, 0.25) is 0 Å². The van der Waals surface area contributed by atoms with Crippen LogP contribution in [0.15, 0.2) is 12.2 Å². The first-order valence-electron chi connectivity index (χ1n) is 28.1. The van der Waals surface area contributed by atoms with Gasteiger partial charge in [-0.3, -0.25) is 14.4 Å². The molecule has 0 amide bonds. The Bertz CT molecular complexity index is 947. The lowest BCUT2D eigenvalue weighted by Gasteiger charge is -2.08. The summed E-state index contributed by atoms with van der Waals surface area (Å²) in [6, 6.07) is 0. The summed E-state index contributed by atoms with van der Waals surface area (Å²) in [5, 5.41) is 17.7. The molecule has 1 unspecified atom stereocenters. The molecule has 0 saturated carbocycles. The summed E-state index contributed by atoms with van der Waals surface area (Å²) in [5.74, 6) is -0.509. The average Bonchev–Trinajstić information content (AvgIpc) is 3.29. The van der Waals surface area contributed by atoms with Gasteiger partial charge in [0, 0.05) is 19.3 Å². The van der Waals surface area contributed by atoms with Crippen LogP contribution >= 0.6 is 0 Å². The second kappa shape index (κ2) is 56.6. The molecular formula is C57H110O6. The summed E-state index contributed by atoms with van der Waals surface area (Å²) in [6.45, 7) is 6.34. The number of allylic oxidation sites excluding steroid dienone is 2. The fraction of sp³-hybridized carbons (Fsp3) is 0.912. The minimum Gasteiger partial charge on any atom is -0.463 e. The van der Waals surface area contributed by atoms with Crippen molar-refractivity contribution in [2.45, 2.75) is 322 Å². The normalized spacial score (nSPS) is 11.8. The Hall–Kier alpha value is -1.53. The van der Waals surface area contributed by atoms with Gasteiger partial charge in [0.15, 0.2) is 11.6 Å². The Balaban J connectivity index is 0. The molecule has 0 fully saturated rings. The third kappa shape index (κ3) is 56.5. The molecule has 0 aliphatic rings. The molecule has 0 aliphatic carbocycles. The van der Waals surface area contributed by atoms with E-state index >= 15 is 0 Å². The molecule has 0 radical (unpaired) electrons. The van der Waals surface area contributed by atoms with Crippen molar-refractivity contribution >= 4 is 17.5 Å². The summed E-state index contributed by atoms with van der Waals surface area (Å²) < 4.78 is 4.86. The molecule has 2 N–H and O–H groups in total. The van der Waals surface area contributed by atoms with E-state index in [1.807, 2.05) is 0 Å². The van der Waals surface area contributed by atoms with Gasteiger partial charge in [-0.05, 0) is 44.9 Å². The molecule has 0 rings (SSSR count). The summed E-state index contributed by atoms with van der Waals surface area (Å²) >= 11 is 0. The fourth-order valence-electron chi connectivity index (χ4n) is 8.25. The zero-order valence-corrected chi connectivity index (χ0v) is 42.7. The predicted octanol–water partition coefficient (Wildman–Crippen LogP) is 17.6. The second-order valence-electron chi connectivity index (χ2n) is 19.1. The van der Waals surface area contributed by atoms with Crippen LogP contribution in [0.1, 0.15) is 316 Å². The average molecular weight is 892 g/mol. The van der Waals surface area contributed by atoms with Gasteiger partial charge >= 0.3 is 5.97 Å². The Morgan fingerprint density at radius 3 is 0.873 bits per heavy atom. The summed E-state index contributed by atoms with van der Waals surface area (Å²) in [6.07, 6.45) is 60.8. The third-order valence-electron chi connectivity index (χ3n) is 12.6. The van der Waals surface area contributed by atoms with E-state index in [4.69, 9.17) is 14.9 Å². The van der Waals surface area contributed by atoms with Crippen molar-refractivity contribution in [3.05, 3.63) is 12.2 Å². The van der Waals surface area contributed by atoms with Crippen molar-refractivity contribution in [2.75, 3.05) is 13.2 Å². The quantitative estimate of drug-likeness (QED) is 0.0273. The van der Waals surface area contributed by atoms with E-state index in [0.717, 1.165) is 38.5 Å². The van der Waals surface area contributed by atoms with Crippen molar-refractivity contribution in [2.24, 2.45) is 0 Å². The molecule has 0 bridgehead atoms. The second-order valence-corrected chi connectivity index (χ2v) is 19.1. The van der Waals surface area contributed by atoms with Crippen LogP contribution in [-0.2, 0) is 19.1 Å². The lowest BCUT2D eigenvalue weighted by atomic mass is 10.0. The van der Waals surface area contributed by atoms with E-state index in [0.29, 0.717) is 19.3 Å². The highest BCUT2D eigenvalue weighted by Gasteiger charge is 2.12. The number of esters is 1. The Kier molecular flexibility index (Phi) is 57.1. The maximum atomic E-state index is 12.1. The number of Topliss-reactive ketones (excluding diaryl/α,β-unsaturated/α-hetero) is 2. The molecule has 0 aromatic carbocycles. The molecule has 0 aromatic rings. The molecule has 6 heteroatoms. The predicted molar refractivity (Wildman–Crippen MR) is 273 cm³/mol. The lowest BCUT2D eigenvalue weighted by Crippen LogP contribution is -2.21. The zero-order valence-electron chi connectivity index (χ0n) is 42.7. The topological polar surface area (TPSA) is 101 Å². The first kappa shape index (κ1) is 63.6. The number of rotatable bonds is 51. The van der Waals surface area contributed by atoms with Gasteiger partial charge in [-0.1, -0.05) is 264 Å². The number of aliphatic hydroxyl groups is 2. The van der Waals surface area contributed by atoms with Gasteiger partial charge in [0.05, 0.1) is 6.61 Å². The molecule has 6 nitrogen and oxygen atoms in total. The van der Waals surface area contributed by atoms with Crippen molar-refractivity contribution in [1.29, 1.82) is 0 Å². The zero-order chi connectivity index (χ0) is 46.4. The van der Waals surface area contributed by atoms with E-state index in [1.54, 1.807) is 0 Å². The van der Waals surface area contributed by atoms with E-state index in [1.165, 1.54) is 238 Å². The number of hydrogen-bond acceptors (Lipinski definition) is 6. The third-order valence-corrected chi connectivity index (χ3v) is 12.6. The van der Waals surface area contributed by atoms with Gasteiger partial charge in [-0.15, -0.1) is 0 Å². The van der Waals surface area contributed by atoms with Crippen molar-refractivity contribution in [3.63, 3.8) is 0 Å². The number of carbonyl (C=O) groups is 3. The van der Waals surface area contributed by atoms with Crippen LogP contribution in [0, 0.1) is 0 Å². The Labute approximate surface area is 393 Å². The highest BCUT2D eigenvalue weighted by molar-refractivity contribution is 6.37. The standard InChI is InChI=1S/C36H68O2.C21H42O4/c1-3-5-7-9-11-13-15-17-19-21-23-25-27-29-31-33-35(37)36(38)34-32-30-28-26-24-22-20-18-16-14-12-10-8-6-4-2;1-2-3-4-5-6-7-8-9-10-11-12-13-14-15-16-17-21(24)25-19-20(23)18-22/h17,19H,3-16,18,20-34H2,1-2H3;20,22-23H,2-19H2,1H3/b19-17-;. The van der Waals surface area contributed by atoms with E-state index in [-0.39, 0.29) is 30.7 Å². The van der Waals surface area contributed by atoms with Crippen LogP contribution < -0.4 is 0 Å². The smallest absolute Gasteiger partial charge is 0.305 e. The van der Waals surface area contributed by atoms with Crippen LogP contribution in [0.5, 0.6) is 0 Å². The van der Waals surface area contributed by atoms with Gasteiger partial charge in [0.2, 0.25) is 0 Å². The first-order valence-corrected chi connectivity index (χ1v) is 28.1. The molecule has 63 heavy (non-hydrogen) atoms. The highest BCUT2D eigenvalue weighted by atomic mass is 16.5. The van der Waals surface area contributed by atoms with Crippen molar-refractivity contribution in [1.82, 2.24) is 0 Å². The first-order chi connectivity index (χ1) is 30.9. The number of hydrogen-bond donors (Lipinski definition) is 2. The number of aliphatic hydroxyl groups excluding tert-OH is 2. The largest absolute Gasteiger partial charge is 0.463 e. The Morgan fingerprint density at radius 2 is 0.603 bits per heavy atom. The minimum absolute atomic E-state index is 0.103. The van der Waals surface area contributed by atoms with E-state index < -0.39 is 6.10 Å². The number of ether oxygens (including phenoxy) is 1. The summed E-state index contributed by atoms with van der Waals surface area (Å²) in [4.78, 5) is 35.6. The summed E-state index contributed by atoms with van der Waals surface area (Å²) in [5.41, 5.74) is 0. The van der Waals surface area contributed by atoms with Crippen LogP contribution in [-0.4, -0.2) is 47.1 Å². The van der Waals surface area contributed by atoms with Crippen molar-refractivity contribution < 1.29 is 29.3 Å². The van der Waals surface area contributed by atoms with Gasteiger partial charge in [-0.2, -0.15) is 0 Å². The molecule has 0 spiro atoms. The molecular weight excluding hydrogens is 781 g/mol. The van der Waals surface area contributed by atoms with Crippen LogP contribution in [0.25, 0.3) is 0 Å². The molecule has 1 atom stereocenters. The van der Waals surface area contributed by atoms with E-state index in [9.17, 15) is 14.4 Å². The van der Waals surface area contributed by atoms with E-state index in [2.05, 4.69) is 32.9 Å². The van der Waals surface area contributed by atoms with Gasteiger partial charge in [-0.25, -0.2) is 0 Å². The lowest BCUT2D eigenvalue weighted by molar-refractivity contribution is -0.147. The van der Waals surface area contributed by atoms with Gasteiger partial charge in [0.1, 0.15) is 12.7 Å². The van der Waals surface area contributed by atoms with Gasteiger partial charge < -0.3 is 14.9 Å². The minimum atomic E-state index is -0.954. The van der Waals surface area contributed by atoms with Crippen LogP contribution in [0.3, 0.4) is 0 Å². The number of ketones is 2. The van der Waals surface area contributed by atoms with Crippen molar-refractivity contribution in [3.8, 4) is 0 Å². The molecule has 0 saturated heterocycles. The van der Waals surface area contributed by atoms with Crippen LogP contribution in [0.4, 0.5) is 0 Å². The molecule has 374 valence electrons. The molecule has 0 heterocycles. The maximum Gasteiger partial charge on any atom is 0.305 e. The number of unbranched alkanes of at least 4 members (excludes halogenated alkanes) is 39. The summed E-state index contributed by atoms with van der Waals surface area (Å²) in [7, 11) is 0. The van der Waals surface area contributed by atoms with Gasteiger partial charge in [0.25, 0.3) is 0 Å². The Morgan fingerprint density at radius 1 is 0.365 bits per heavy atom. The highest BCUT2D eigenvalue weighted by Crippen LogP contribution is 2.16. The fourth-order valence-corrected chi connectivity index (χ4v) is 8.25. The maximum absolute atomic E-state index is 12.1.